The molecule has 3 rings (SSSR count). The molecular weight excluding hydrogens is 408 g/mol. The summed E-state index contributed by atoms with van der Waals surface area (Å²) in [5.74, 6) is -0.276. The minimum atomic E-state index is -0.355. The number of hydrogen-bond donors (Lipinski definition) is 4. The summed E-state index contributed by atoms with van der Waals surface area (Å²) in [5, 5.41) is 5.71. The van der Waals surface area contributed by atoms with E-state index in [2.05, 4.69) is 37.4 Å². The van der Waals surface area contributed by atoms with E-state index in [1.54, 1.807) is 12.1 Å². The molecule has 4 N–H and O–H groups in total. The van der Waals surface area contributed by atoms with Gasteiger partial charge in [0.1, 0.15) is 6.04 Å². The number of nitrogens with one attached hydrogen (secondary N) is 4. The number of hydrogen-bond acceptors (Lipinski definition) is 4. The Morgan fingerprint density at radius 1 is 1.15 bits per heavy atom. The fraction of sp³-hybridized carbons (Fsp3) is 0.300. The van der Waals surface area contributed by atoms with Crippen LogP contribution in [0.3, 0.4) is 0 Å². The van der Waals surface area contributed by atoms with Crippen LogP contribution >= 0.6 is 15.9 Å². The Labute approximate surface area is 167 Å². The Balaban J connectivity index is 1.66. The summed E-state index contributed by atoms with van der Waals surface area (Å²) in [5.41, 5.74) is 9.45. The molecule has 7 heteroatoms. The first-order valence-electron chi connectivity index (χ1n) is 8.94. The standard InChI is InChI=1S/C20H23BrN4O2/c1-3-22-19(26)14-5-4-12(2)16(10-14)23-20(27)18-11-17(24-25-18)13-6-8-15(21)9-7-13/h4-10,17-18,24-25H,3,11H2,1-2H3,(H,22,26)(H,23,27). The van der Waals surface area contributed by atoms with Gasteiger partial charge in [-0.05, 0) is 55.7 Å². The second-order valence-electron chi connectivity index (χ2n) is 6.56. The highest BCUT2D eigenvalue weighted by Gasteiger charge is 2.30. The lowest BCUT2D eigenvalue weighted by atomic mass is 10.0. The Morgan fingerprint density at radius 2 is 1.89 bits per heavy atom. The van der Waals surface area contributed by atoms with Crippen LogP contribution in [0, 0.1) is 6.92 Å². The molecule has 1 heterocycles. The van der Waals surface area contributed by atoms with Gasteiger partial charge in [-0.15, -0.1) is 0 Å². The Bertz CT molecular complexity index is 838. The van der Waals surface area contributed by atoms with Gasteiger partial charge >= 0.3 is 0 Å². The minimum Gasteiger partial charge on any atom is -0.352 e. The molecule has 0 aromatic heterocycles. The lowest BCUT2D eigenvalue weighted by molar-refractivity contribution is -0.117. The number of anilines is 1. The number of benzene rings is 2. The summed E-state index contributed by atoms with van der Waals surface area (Å²) < 4.78 is 1.02. The maximum Gasteiger partial charge on any atom is 0.251 e. The smallest absolute Gasteiger partial charge is 0.251 e. The molecule has 6 nitrogen and oxygen atoms in total. The van der Waals surface area contributed by atoms with Gasteiger partial charge < -0.3 is 10.6 Å². The van der Waals surface area contributed by atoms with Crippen molar-refractivity contribution in [3.63, 3.8) is 0 Å². The molecule has 2 atom stereocenters. The first-order valence-corrected chi connectivity index (χ1v) is 9.73. The molecule has 0 bridgehead atoms. The van der Waals surface area contributed by atoms with Crippen molar-refractivity contribution in [1.29, 1.82) is 0 Å². The SMILES string of the molecule is CCNC(=O)c1ccc(C)c(NC(=O)C2CC(c3ccc(Br)cc3)NN2)c1. The Kier molecular flexibility index (Phi) is 6.26. The zero-order chi connectivity index (χ0) is 19.4. The van der Waals surface area contributed by atoms with Crippen LogP contribution in [0.25, 0.3) is 0 Å². The number of hydrazine groups is 1. The molecule has 1 aliphatic rings. The lowest BCUT2D eigenvalue weighted by Crippen LogP contribution is -2.39. The lowest BCUT2D eigenvalue weighted by Gasteiger charge is -2.14. The highest BCUT2D eigenvalue weighted by Crippen LogP contribution is 2.25. The zero-order valence-electron chi connectivity index (χ0n) is 15.3. The van der Waals surface area contributed by atoms with Gasteiger partial charge in [0, 0.05) is 28.3 Å². The van der Waals surface area contributed by atoms with Crippen molar-refractivity contribution < 1.29 is 9.59 Å². The van der Waals surface area contributed by atoms with Crippen LogP contribution in [0.1, 0.15) is 40.9 Å². The fourth-order valence-corrected chi connectivity index (χ4v) is 3.29. The van der Waals surface area contributed by atoms with Crippen LogP contribution in [-0.4, -0.2) is 24.4 Å². The zero-order valence-corrected chi connectivity index (χ0v) is 16.9. The van der Waals surface area contributed by atoms with Crippen LogP contribution in [0.2, 0.25) is 0 Å². The van der Waals surface area contributed by atoms with Gasteiger partial charge in [-0.2, -0.15) is 0 Å². The average molecular weight is 431 g/mol. The van der Waals surface area contributed by atoms with Crippen molar-refractivity contribution in [3.05, 3.63) is 63.6 Å². The van der Waals surface area contributed by atoms with Gasteiger partial charge in [0.05, 0.1) is 0 Å². The van der Waals surface area contributed by atoms with E-state index in [1.807, 2.05) is 44.2 Å². The van der Waals surface area contributed by atoms with Crippen molar-refractivity contribution in [3.8, 4) is 0 Å². The summed E-state index contributed by atoms with van der Waals surface area (Å²) in [7, 11) is 0. The van der Waals surface area contributed by atoms with Crippen LogP contribution in [0.15, 0.2) is 46.9 Å². The van der Waals surface area contributed by atoms with E-state index in [-0.39, 0.29) is 23.9 Å². The molecule has 0 spiro atoms. The third-order valence-corrected chi connectivity index (χ3v) is 5.12. The van der Waals surface area contributed by atoms with Crippen LogP contribution in [-0.2, 0) is 4.79 Å². The maximum absolute atomic E-state index is 12.7. The predicted molar refractivity (Wildman–Crippen MR) is 109 cm³/mol. The highest BCUT2D eigenvalue weighted by atomic mass is 79.9. The van der Waals surface area contributed by atoms with Gasteiger partial charge in [0.15, 0.2) is 0 Å². The van der Waals surface area contributed by atoms with E-state index in [9.17, 15) is 9.59 Å². The van der Waals surface area contributed by atoms with Gasteiger partial charge in [-0.3, -0.25) is 9.59 Å². The number of rotatable bonds is 5. The van der Waals surface area contributed by atoms with E-state index in [0.717, 1.165) is 15.6 Å². The van der Waals surface area contributed by atoms with Gasteiger partial charge in [-0.25, -0.2) is 10.9 Å². The van der Waals surface area contributed by atoms with Crippen LogP contribution < -0.4 is 21.5 Å². The Morgan fingerprint density at radius 3 is 2.59 bits per heavy atom. The molecule has 2 aromatic carbocycles. The van der Waals surface area contributed by atoms with Crippen molar-refractivity contribution in [1.82, 2.24) is 16.2 Å². The van der Waals surface area contributed by atoms with Crippen molar-refractivity contribution >= 4 is 33.4 Å². The van der Waals surface area contributed by atoms with Gasteiger partial charge in [-0.1, -0.05) is 34.1 Å². The van der Waals surface area contributed by atoms with Crippen LogP contribution in [0.4, 0.5) is 5.69 Å². The van der Waals surface area contributed by atoms with E-state index in [4.69, 9.17) is 0 Å². The second-order valence-corrected chi connectivity index (χ2v) is 7.48. The van der Waals surface area contributed by atoms with E-state index >= 15 is 0 Å². The van der Waals surface area contributed by atoms with E-state index in [1.165, 1.54) is 0 Å². The van der Waals surface area contributed by atoms with E-state index < -0.39 is 0 Å². The quantitative estimate of drug-likeness (QED) is 0.587. The summed E-state index contributed by atoms with van der Waals surface area (Å²) in [6, 6.07) is 13.1. The van der Waals surface area contributed by atoms with Crippen molar-refractivity contribution in [2.75, 3.05) is 11.9 Å². The third kappa shape index (κ3) is 4.74. The number of amides is 2. The number of aryl methyl sites for hydroxylation is 1. The molecule has 1 saturated heterocycles. The maximum atomic E-state index is 12.7. The second kappa shape index (κ2) is 8.65. The molecular formula is C20H23BrN4O2. The fourth-order valence-electron chi connectivity index (χ4n) is 3.02. The topological polar surface area (TPSA) is 82.3 Å². The molecule has 1 aliphatic heterocycles. The monoisotopic (exact) mass is 430 g/mol. The summed E-state index contributed by atoms with van der Waals surface area (Å²) in [6.07, 6.45) is 0.641. The molecule has 2 aromatic rings. The first-order chi connectivity index (χ1) is 13.0. The molecule has 0 aliphatic carbocycles. The number of carbonyl (C=O) groups excluding carboxylic acids is 2. The van der Waals surface area contributed by atoms with Gasteiger partial charge in [0.2, 0.25) is 5.91 Å². The number of halogens is 1. The summed E-state index contributed by atoms with van der Waals surface area (Å²) in [6.45, 7) is 4.33. The van der Waals surface area contributed by atoms with Crippen molar-refractivity contribution in [2.24, 2.45) is 0 Å². The van der Waals surface area contributed by atoms with Gasteiger partial charge in [0.25, 0.3) is 5.91 Å². The normalized spacial score (nSPS) is 18.9. The first kappa shape index (κ1) is 19.5. The van der Waals surface area contributed by atoms with E-state index in [0.29, 0.717) is 24.2 Å². The average Bonchev–Trinajstić information content (AvgIpc) is 3.14. The third-order valence-electron chi connectivity index (χ3n) is 4.59. The molecule has 0 saturated carbocycles. The molecule has 27 heavy (non-hydrogen) atoms. The minimum absolute atomic E-state index is 0.0663. The molecule has 2 unspecified atom stereocenters. The summed E-state index contributed by atoms with van der Waals surface area (Å²) in [4.78, 5) is 24.7. The Hall–Kier alpha value is -2.22. The van der Waals surface area contributed by atoms with Crippen LogP contribution in [0.5, 0.6) is 0 Å². The van der Waals surface area contributed by atoms with Crippen molar-refractivity contribution in [2.45, 2.75) is 32.4 Å². The highest BCUT2D eigenvalue weighted by molar-refractivity contribution is 9.10. The summed E-state index contributed by atoms with van der Waals surface area (Å²) >= 11 is 3.43. The predicted octanol–water partition coefficient (Wildman–Crippen LogP) is 3.05. The molecule has 0 radical (unpaired) electrons. The molecule has 2 amide bonds. The molecule has 1 fully saturated rings. The number of carbonyl (C=O) groups is 2. The molecule has 142 valence electrons. The largest absolute Gasteiger partial charge is 0.352 e.